The monoisotopic (exact) mass is 379 g/mol. The number of ether oxygens (including phenoxy) is 1. The van der Waals surface area contributed by atoms with Crippen LogP contribution in [0.3, 0.4) is 0 Å². The van der Waals surface area contributed by atoms with E-state index in [1.807, 2.05) is 11.5 Å². The molecule has 1 aliphatic heterocycles. The Bertz CT molecular complexity index is 775. The standard InChI is InChI=1S/C15H21N7O3S/c1-3-21-9-17-18-11(21)4-5-16-14(24)10-6-13(23)22(7-10)15-20-19-12(26-15)8-25-2/h9-10H,3-8H2,1-2H3,(H,16,24). The lowest BCUT2D eigenvalue weighted by Gasteiger charge is -2.12. The van der Waals surface area contributed by atoms with Crippen LogP contribution in [0.2, 0.25) is 0 Å². The quantitative estimate of drug-likeness (QED) is 0.687. The normalized spacial score (nSPS) is 17.1. The minimum absolute atomic E-state index is 0.115. The smallest absolute Gasteiger partial charge is 0.229 e. The van der Waals surface area contributed by atoms with Crippen molar-refractivity contribution in [2.75, 3.05) is 25.1 Å². The van der Waals surface area contributed by atoms with E-state index in [0.717, 1.165) is 12.4 Å². The summed E-state index contributed by atoms with van der Waals surface area (Å²) in [6.45, 7) is 3.92. The van der Waals surface area contributed by atoms with E-state index < -0.39 is 0 Å². The molecule has 1 saturated heterocycles. The van der Waals surface area contributed by atoms with Gasteiger partial charge in [0.05, 0.1) is 5.92 Å². The first kappa shape index (κ1) is 18.4. The second-order valence-electron chi connectivity index (χ2n) is 5.89. The Morgan fingerprint density at radius 2 is 2.27 bits per heavy atom. The summed E-state index contributed by atoms with van der Waals surface area (Å²) in [5.74, 6) is 0.193. The van der Waals surface area contributed by atoms with E-state index in [4.69, 9.17) is 4.74 Å². The number of nitrogens with zero attached hydrogens (tertiary/aromatic N) is 6. The van der Waals surface area contributed by atoms with Gasteiger partial charge in [-0.05, 0) is 6.92 Å². The fourth-order valence-corrected chi connectivity index (χ4v) is 3.62. The Labute approximate surface area is 154 Å². The fraction of sp³-hybridized carbons (Fsp3) is 0.600. The number of aryl methyl sites for hydroxylation is 1. The molecule has 2 aromatic heterocycles. The SMILES string of the molecule is CCn1cnnc1CCNC(=O)C1CC(=O)N(c2nnc(COC)s2)C1. The highest BCUT2D eigenvalue weighted by molar-refractivity contribution is 7.15. The molecule has 3 heterocycles. The first-order valence-electron chi connectivity index (χ1n) is 8.38. The highest BCUT2D eigenvalue weighted by Crippen LogP contribution is 2.28. The summed E-state index contributed by atoms with van der Waals surface area (Å²) in [6, 6.07) is 0. The van der Waals surface area contributed by atoms with Crippen molar-refractivity contribution in [2.24, 2.45) is 5.92 Å². The molecule has 2 aromatic rings. The molecule has 2 amide bonds. The van der Waals surface area contributed by atoms with Gasteiger partial charge in [0.1, 0.15) is 23.8 Å². The summed E-state index contributed by atoms with van der Waals surface area (Å²) in [4.78, 5) is 26.1. The predicted octanol–water partition coefficient (Wildman–Crippen LogP) is 0.00770. The number of carbonyl (C=O) groups is 2. The van der Waals surface area contributed by atoms with Crippen LogP contribution in [0, 0.1) is 5.92 Å². The molecule has 1 unspecified atom stereocenters. The molecule has 1 N–H and O–H groups in total. The molecule has 0 radical (unpaired) electrons. The van der Waals surface area contributed by atoms with E-state index in [9.17, 15) is 9.59 Å². The van der Waals surface area contributed by atoms with Crippen molar-refractivity contribution in [3.05, 3.63) is 17.2 Å². The summed E-state index contributed by atoms with van der Waals surface area (Å²) in [5.41, 5.74) is 0. The number of methoxy groups -OCH3 is 1. The molecule has 0 spiro atoms. The van der Waals surface area contributed by atoms with E-state index >= 15 is 0 Å². The van der Waals surface area contributed by atoms with E-state index in [0.29, 0.717) is 36.3 Å². The molecule has 0 aliphatic carbocycles. The van der Waals surface area contributed by atoms with Crippen LogP contribution in [0.4, 0.5) is 5.13 Å². The van der Waals surface area contributed by atoms with Crippen LogP contribution in [0.15, 0.2) is 6.33 Å². The van der Waals surface area contributed by atoms with Gasteiger partial charge in [0.2, 0.25) is 16.9 Å². The van der Waals surface area contributed by atoms with E-state index in [1.165, 1.54) is 16.2 Å². The van der Waals surface area contributed by atoms with Crippen LogP contribution in [0.5, 0.6) is 0 Å². The van der Waals surface area contributed by atoms with E-state index in [2.05, 4.69) is 25.7 Å². The highest BCUT2D eigenvalue weighted by Gasteiger charge is 2.36. The second-order valence-corrected chi connectivity index (χ2v) is 6.93. The number of amides is 2. The Morgan fingerprint density at radius 1 is 1.42 bits per heavy atom. The number of anilines is 1. The molecule has 1 fully saturated rings. The third-order valence-electron chi connectivity index (χ3n) is 4.13. The van der Waals surface area contributed by atoms with Crippen molar-refractivity contribution in [3.8, 4) is 0 Å². The maximum Gasteiger partial charge on any atom is 0.229 e. The van der Waals surface area contributed by atoms with Gasteiger partial charge < -0.3 is 14.6 Å². The number of carbonyl (C=O) groups excluding carboxylic acids is 2. The van der Waals surface area contributed by atoms with Crippen LogP contribution in [-0.4, -0.2) is 57.0 Å². The van der Waals surface area contributed by atoms with E-state index in [-0.39, 0.29) is 24.2 Å². The fourth-order valence-electron chi connectivity index (χ4n) is 2.78. The summed E-state index contributed by atoms with van der Waals surface area (Å²) in [6.07, 6.45) is 2.45. The van der Waals surface area contributed by atoms with Gasteiger partial charge in [0.25, 0.3) is 0 Å². The highest BCUT2D eigenvalue weighted by atomic mass is 32.1. The average molecular weight is 379 g/mol. The first-order valence-corrected chi connectivity index (χ1v) is 9.20. The first-order chi connectivity index (χ1) is 12.6. The maximum absolute atomic E-state index is 12.4. The minimum atomic E-state index is -0.388. The van der Waals surface area contributed by atoms with Gasteiger partial charge in [0, 0.05) is 39.6 Å². The number of hydrogen-bond donors (Lipinski definition) is 1. The van der Waals surface area contributed by atoms with Crippen LogP contribution in [0.25, 0.3) is 0 Å². The Kier molecular flexibility index (Phi) is 5.89. The molecular formula is C15H21N7O3S. The maximum atomic E-state index is 12.4. The minimum Gasteiger partial charge on any atom is -0.377 e. The predicted molar refractivity (Wildman–Crippen MR) is 93.5 cm³/mol. The van der Waals surface area contributed by atoms with E-state index in [1.54, 1.807) is 13.4 Å². The zero-order valence-corrected chi connectivity index (χ0v) is 15.5. The third kappa shape index (κ3) is 4.05. The molecule has 0 aromatic carbocycles. The van der Waals surface area contributed by atoms with Crippen LogP contribution in [0.1, 0.15) is 24.2 Å². The van der Waals surface area contributed by atoms with Crippen molar-refractivity contribution >= 4 is 28.3 Å². The van der Waals surface area contributed by atoms with Gasteiger partial charge >= 0.3 is 0 Å². The summed E-state index contributed by atoms with van der Waals surface area (Å²) >= 11 is 1.30. The lowest BCUT2D eigenvalue weighted by molar-refractivity contribution is -0.126. The summed E-state index contributed by atoms with van der Waals surface area (Å²) in [5, 5.41) is 20.0. The van der Waals surface area contributed by atoms with Gasteiger partial charge in [-0.15, -0.1) is 20.4 Å². The van der Waals surface area contributed by atoms with Crippen molar-refractivity contribution in [1.29, 1.82) is 0 Å². The molecule has 1 aliphatic rings. The van der Waals surface area contributed by atoms with Crippen molar-refractivity contribution < 1.29 is 14.3 Å². The average Bonchev–Trinajstić information content (AvgIpc) is 3.34. The number of rotatable bonds is 8. The molecule has 1 atom stereocenters. The zero-order valence-electron chi connectivity index (χ0n) is 14.7. The number of hydrogen-bond acceptors (Lipinski definition) is 8. The number of aromatic nitrogens is 5. The van der Waals surface area contributed by atoms with Crippen molar-refractivity contribution in [1.82, 2.24) is 30.3 Å². The molecule has 0 bridgehead atoms. The van der Waals surface area contributed by atoms with Crippen molar-refractivity contribution in [2.45, 2.75) is 32.9 Å². The summed E-state index contributed by atoms with van der Waals surface area (Å²) < 4.78 is 6.94. The van der Waals surface area contributed by atoms with Crippen molar-refractivity contribution in [3.63, 3.8) is 0 Å². The topological polar surface area (TPSA) is 115 Å². The third-order valence-corrected chi connectivity index (χ3v) is 5.05. The molecule has 26 heavy (non-hydrogen) atoms. The molecule has 0 saturated carbocycles. The molecular weight excluding hydrogens is 358 g/mol. The second kappa shape index (κ2) is 8.32. The molecule has 11 heteroatoms. The zero-order chi connectivity index (χ0) is 18.5. The Hall–Kier alpha value is -2.40. The molecule has 140 valence electrons. The van der Waals surface area contributed by atoms with Gasteiger partial charge in [-0.3, -0.25) is 14.5 Å². The Morgan fingerprint density at radius 3 is 3.04 bits per heavy atom. The Balaban J connectivity index is 1.51. The largest absolute Gasteiger partial charge is 0.377 e. The molecule has 3 rings (SSSR count). The van der Waals surface area contributed by atoms with Gasteiger partial charge in [-0.1, -0.05) is 11.3 Å². The lowest BCUT2D eigenvalue weighted by atomic mass is 10.1. The van der Waals surface area contributed by atoms with Gasteiger partial charge in [-0.25, -0.2) is 0 Å². The van der Waals surface area contributed by atoms with Gasteiger partial charge in [-0.2, -0.15) is 0 Å². The summed E-state index contributed by atoms with van der Waals surface area (Å²) in [7, 11) is 1.57. The van der Waals surface area contributed by atoms with Crippen LogP contribution >= 0.6 is 11.3 Å². The van der Waals surface area contributed by atoms with Gasteiger partial charge in [0.15, 0.2) is 0 Å². The number of nitrogens with one attached hydrogen (secondary N) is 1. The molecule has 10 nitrogen and oxygen atoms in total. The van der Waals surface area contributed by atoms with Crippen LogP contribution in [-0.2, 0) is 33.9 Å². The van der Waals surface area contributed by atoms with Crippen LogP contribution < -0.4 is 10.2 Å². The lowest BCUT2D eigenvalue weighted by Crippen LogP contribution is -2.34.